The van der Waals surface area contributed by atoms with Crippen molar-refractivity contribution < 1.29 is 14.6 Å². The Morgan fingerprint density at radius 2 is 1.88 bits per heavy atom. The zero-order chi connectivity index (χ0) is 23.2. The number of nitrogens with one attached hydrogen (secondary N) is 1. The first kappa shape index (κ1) is 21.1. The van der Waals surface area contributed by atoms with E-state index in [1.165, 1.54) is 5.56 Å². The minimum absolute atomic E-state index is 0.0314. The van der Waals surface area contributed by atoms with E-state index in [1.54, 1.807) is 18.3 Å². The van der Waals surface area contributed by atoms with E-state index < -0.39 is 6.10 Å². The van der Waals surface area contributed by atoms with Crippen LogP contribution >= 0.6 is 11.6 Å². The highest BCUT2D eigenvalue weighted by Gasteiger charge is 2.36. The van der Waals surface area contributed by atoms with Crippen LogP contribution in [0.1, 0.15) is 29.9 Å². The number of nitrogens with zero attached hydrogens (tertiary/aromatic N) is 2. The zero-order valence-electron chi connectivity index (χ0n) is 18.5. The minimum Gasteiger partial charge on any atom is -0.508 e. The minimum atomic E-state index is -0.541. The van der Waals surface area contributed by atoms with Crippen LogP contribution in [0.5, 0.6) is 11.5 Å². The average molecular weight is 474 g/mol. The van der Waals surface area contributed by atoms with Gasteiger partial charge in [0, 0.05) is 53.4 Å². The number of hydrogen-bond acceptors (Lipinski definition) is 4. The van der Waals surface area contributed by atoms with Gasteiger partial charge in [-0.05, 0) is 66.3 Å². The van der Waals surface area contributed by atoms with Crippen LogP contribution in [0.4, 0.5) is 0 Å². The van der Waals surface area contributed by atoms with Gasteiger partial charge >= 0.3 is 0 Å². The number of fused-ring (bicyclic) bond motifs is 2. The van der Waals surface area contributed by atoms with Gasteiger partial charge in [0.15, 0.2) is 6.10 Å². The fraction of sp³-hybridized carbons (Fsp3) is 0.259. The highest BCUT2D eigenvalue weighted by Crippen LogP contribution is 2.43. The maximum Gasteiger partial charge on any atom is 0.263 e. The fourth-order valence-electron chi connectivity index (χ4n) is 5.24. The van der Waals surface area contributed by atoms with E-state index >= 15 is 0 Å². The Bertz CT molecular complexity index is 1370. The third-order valence-corrected chi connectivity index (χ3v) is 7.21. The molecular formula is C27H24ClN3O3. The third-order valence-electron chi connectivity index (χ3n) is 6.99. The van der Waals surface area contributed by atoms with Gasteiger partial charge in [-0.25, -0.2) is 4.98 Å². The number of piperidine rings is 1. The van der Waals surface area contributed by atoms with Gasteiger partial charge in [-0.2, -0.15) is 0 Å². The van der Waals surface area contributed by atoms with E-state index in [4.69, 9.17) is 16.3 Å². The van der Waals surface area contributed by atoms with Gasteiger partial charge in [-0.15, -0.1) is 0 Å². The summed E-state index contributed by atoms with van der Waals surface area (Å²) in [6.07, 6.45) is 5.39. The molecule has 34 heavy (non-hydrogen) atoms. The Morgan fingerprint density at radius 1 is 1.09 bits per heavy atom. The van der Waals surface area contributed by atoms with E-state index in [2.05, 4.69) is 9.97 Å². The molecule has 7 heteroatoms. The maximum absolute atomic E-state index is 13.4. The summed E-state index contributed by atoms with van der Waals surface area (Å²) in [7, 11) is 0. The van der Waals surface area contributed by atoms with Crippen molar-refractivity contribution in [1.82, 2.24) is 14.9 Å². The Kier molecular flexibility index (Phi) is 5.18. The Labute approximate surface area is 202 Å². The number of H-pyrrole nitrogens is 1. The molecular weight excluding hydrogens is 450 g/mol. The Morgan fingerprint density at radius 3 is 2.68 bits per heavy atom. The van der Waals surface area contributed by atoms with Crippen LogP contribution in [-0.2, 0) is 11.2 Å². The molecule has 1 saturated heterocycles. The molecule has 172 valence electrons. The highest BCUT2D eigenvalue weighted by atomic mass is 35.5. The summed E-state index contributed by atoms with van der Waals surface area (Å²) >= 11 is 6.47. The second-order valence-corrected chi connectivity index (χ2v) is 9.48. The van der Waals surface area contributed by atoms with Crippen LogP contribution in [0, 0.1) is 0 Å². The van der Waals surface area contributed by atoms with Gasteiger partial charge in [0.05, 0.1) is 0 Å². The molecule has 2 aliphatic heterocycles. The van der Waals surface area contributed by atoms with Crippen molar-refractivity contribution in [2.75, 3.05) is 13.1 Å². The monoisotopic (exact) mass is 473 g/mol. The number of halogens is 1. The summed E-state index contributed by atoms with van der Waals surface area (Å²) in [5, 5.41) is 11.1. The van der Waals surface area contributed by atoms with E-state index in [0.717, 1.165) is 46.3 Å². The molecule has 1 atom stereocenters. The van der Waals surface area contributed by atoms with Crippen molar-refractivity contribution >= 4 is 28.5 Å². The number of rotatable bonds is 3. The second-order valence-electron chi connectivity index (χ2n) is 9.04. The smallest absolute Gasteiger partial charge is 0.263 e. The largest absolute Gasteiger partial charge is 0.508 e. The number of hydrogen-bond donors (Lipinski definition) is 2. The molecule has 0 radical (unpaired) electrons. The van der Waals surface area contributed by atoms with Crippen LogP contribution in [0.2, 0.25) is 5.02 Å². The van der Waals surface area contributed by atoms with Gasteiger partial charge in [0.1, 0.15) is 17.1 Å². The van der Waals surface area contributed by atoms with E-state index in [0.29, 0.717) is 30.5 Å². The number of pyridine rings is 1. The number of phenolic OH excluding ortho intramolecular Hbond substituents is 1. The van der Waals surface area contributed by atoms with Crippen molar-refractivity contribution in [2.24, 2.45) is 0 Å². The van der Waals surface area contributed by atoms with Crippen molar-refractivity contribution in [2.45, 2.75) is 31.3 Å². The number of benzene rings is 2. The Hall–Kier alpha value is -3.51. The fourth-order valence-corrected chi connectivity index (χ4v) is 5.48. The summed E-state index contributed by atoms with van der Waals surface area (Å²) < 4.78 is 6.30. The molecule has 0 aliphatic carbocycles. The maximum atomic E-state index is 13.4. The van der Waals surface area contributed by atoms with E-state index in [9.17, 15) is 9.90 Å². The first-order chi connectivity index (χ1) is 16.6. The van der Waals surface area contributed by atoms with Gasteiger partial charge < -0.3 is 19.7 Å². The molecule has 1 fully saturated rings. The summed E-state index contributed by atoms with van der Waals surface area (Å²) in [5.41, 5.74) is 4.83. The molecule has 0 saturated carbocycles. The molecule has 2 N–H and O–H groups in total. The number of aromatic nitrogens is 2. The summed E-state index contributed by atoms with van der Waals surface area (Å²) in [6.45, 7) is 1.39. The number of carbonyl (C=O) groups excluding carboxylic acids is 1. The van der Waals surface area contributed by atoms with Gasteiger partial charge in [0.2, 0.25) is 0 Å². The molecule has 1 amide bonds. The standard InChI is InChI=1S/C27H24ClN3O3/c28-19-13-18-14-24(27(33)31-11-7-17(8-12-31)16-1-3-20(32)4-2-16)34-25(18)23(15-19)21-5-9-29-26-22(21)6-10-30-26/h1-6,9-10,13,15,17,24,32H,7-8,11-12,14H2,(H,29,30)/t24-/m0/s1. The molecule has 0 unspecified atom stereocenters. The average Bonchev–Trinajstić information content (AvgIpc) is 3.51. The lowest BCUT2D eigenvalue weighted by Gasteiger charge is -2.33. The van der Waals surface area contributed by atoms with Crippen LogP contribution in [0.3, 0.4) is 0 Å². The number of likely N-dealkylation sites (tertiary alicyclic amines) is 1. The second kappa shape index (κ2) is 8.37. The molecule has 4 aromatic rings. The van der Waals surface area contributed by atoms with Crippen LogP contribution in [-0.4, -0.2) is 45.1 Å². The quantitative estimate of drug-likeness (QED) is 0.423. The molecule has 0 spiro atoms. The molecule has 6 nitrogen and oxygen atoms in total. The summed E-state index contributed by atoms with van der Waals surface area (Å²) in [6, 6.07) is 15.1. The van der Waals surface area contributed by atoms with Crippen molar-refractivity contribution in [3.05, 3.63) is 77.1 Å². The van der Waals surface area contributed by atoms with Crippen LogP contribution < -0.4 is 4.74 Å². The Balaban J connectivity index is 1.21. The summed E-state index contributed by atoms with van der Waals surface area (Å²) in [5.74, 6) is 1.43. The molecule has 2 aromatic carbocycles. The number of ether oxygens (including phenoxy) is 1. The van der Waals surface area contributed by atoms with Crippen molar-refractivity contribution in [1.29, 1.82) is 0 Å². The number of aromatic hydroxyl groups is 1. The molecule has 2 aliphatic rings. The van der Waals surface area contributed by atoms with E-state index in [1.807, 2.05) is 47.5 Å². The number of amides is 1. The predicted octanol–water partition coefficient (Wildman–Crippen LogP) is 5.30. The van der Waals surface area contributed by atoms with Gasteiger partial charge in [-0.1, -0.05) is 23.7 Å². The lowest BCUT2D eigenvalue weighted by Crippen LogP contribution is -2.45. The lowest BCUT2D eigenvalue weighted by atomic mass is 9.89. The number of phenols is 1. The third kappa shape index (κ3) is 3.68. The van der Waals surface area contributed by atoms with Crippen LogP contribution in [0.15, 0.2) is 60.9 Å². The topological polar surface area (TPSA) is 78.5 Å². The number of aromatic amines is 1. The van der Waals surface area contributed by atoms with Crippen LogP contribution in [0.25, 0.3) is 22.2 Å². The van der Waals surface area contributed by atoms with Gasteiger partial charge in [0.25, 0.3) is 5.91 Å². The SMILES string of the molecule is O=C([C@@H]1Cc2cc(Cl)cc(-c3ccnc4[nH]ccc34)c2O1)N1CCC(c2ccc(O)cc2)CC1. The van der Waals surface area contributed by atoms with Gasteiger partial charge in [-0.3, -0.25) is 4.79 Å². The molecule has 6 rings (SSSR count). The molecule has 4 heterocycles. The normalized spacial score (nSPS) is 18.1. The van der Waals surface area contributed by atoms with Crippen molar-refractivity contribution in [3.8, 4) is 22.6 Å². The highest BCUT2D eigenvalue weighted by molar-refractivity contribution is 6.31. The number of carbonyl (C=O) groups is 1. The lowest BCUT2D eigenvalue weighted by molar-refractivity contribution is -0.139. The molecule has 0 bridgehead atoms. The first-order valence-corrected chi connectivity index (χ1v) is 11.9. The molecule has 2 aromatic heterocycles. The van der Waals surface area contributed by atoms with E-state index in [-0.39, 0.29) is 11.7 Å². The zero-order valence-corrected chi connectivity index (χ0v) is 19.3. The summed E-state index contributed by atoms with van der Waals surface area (Å²) in [4.78, 5) is 22.8. The first-order valence-electron chi connectivity index (χ1n) is 11.6. The predicted molar refractivity (Wildman–Crippen MR) is 131 cm³/mol. The van der Waals surface area contributed by atoms with Crippen molar-refractivity contribution in [3.63, 3.8) is 0 Å².